The molecule has 130 valence electrons. The van der Waals surface area contributed by atoms with Gasteiger partial charge in [0.25, 0.3) is 11.8 Å². The summed E-state index contributed by atoms with van der Waals surface area (Å²) in [6, 6.07) is 7.50. The summed E-state index contributed by atoms with van der Waals surface area (Å²) >= 11 is 0. The molecule has 0 unspecified atom stereocenters. The molecule has 2 amide bonds. The molecular weight excluding hydrogens is 335 g/mol. The average Bonchev–Trinajstić information content (AvgIpc) is 3.38. The fourth-order valence-corrected chi connectivity index (χ4v) is 2.22. The summed E-state index contributed by atoms with van der Waals surface area (Å²) in [5, 5.41) is 4.97. The SMILES string of the molecule is O=C(NC1CC1)c1ccnc(C(=O)Nc2ccccc2C(F)(F)F)c1. The van der Waals surface area contributed by atoms with E-state index in [1.165, 1.54) is 30.5 Å². The van der Waals surface area contributed by atoms with E-state index in [4.69, 9.17) is 0 Å². The number of nitrogens with zero attached hydrogens (tertiary/aromatic N) is 1. The number of carbonyl (C=O) groups excluding carboxylic acids is 2. The smallest absolute Gasteiger partial charge is 0.349 e. The van der Waals surface area contributed by atoms with Gasteiger partial charge in [0, 0.05) is 17.8 Å². The van der Waals surface area contributed by atoms with Gasteiger partial charge in [0.2, 0.25) is 0 Å². The van der Waals surface area contributed by atoms with Gasteiger partial charge in [0.05, 0.1) is 11.3 Å². The van der Waals surface area contributed by atoms with Gasteiger partial charge in [0.15, 0.2) is 0 Å². The Morgan fingerprint density at radius 1 is 1.08 bits per heavy atom. The summed E-state index contributed by atoms with van der Waals surface area (Å²) in [7, 11) is 0. The first-order valence-corrected chi connectivity index (χ1v) is 7.59. The van der Waals surface area contributed by atoms with Crippen molar-refractivity contribution in [3.8, 4) is 0 Å². The second-order valence-corrected chi connectivity index (χ2v) is 5.67. The third-order valence-corrected chi connectivity index (χ3v) is 3.65. The van der Waals surface area contributed by atoms with Crippen LogP contribution in [0.2, 0.25) is 0 Å². The molecule has 1 aromatic carbocycles. The van der Waals surface area contributed by atoms with Crippen molar-refractivity contribution in [3.63, 3.8) is 0 Å². The molecule has 1 aliphatic rings. The third-order valence-electron chi connectivity index (χ3n) is 3.65. The molecule has 1 saturated carbocycles. The number of benzene rings is 1. The Kier molecular flexibility index (Phi) is 4.43. The van der Waals surface area contributed by atoms with Gasteiger partial charge in [-0.25, -0.2) is 0 Å². The van der Waals surface area contributed by atoms with Gasteiger partial charge < -0.3 is 10.6 Å². The second kappa shape index (κ2) is 6.54. The van der Waals surface area contributed by atoms with Gasteiger partial charge in [-0.1, -0.05) is 12.1 Å². The second-order valence-electron chi connectivity index (χ2n) is 5.67. The zero-order valence-electron chi connectivity index (χ0n) is 12.9. The highest BCUT2D eigenvalue weighted by atomic mass is 19.4. The fourth-order valence-electron chi connectivity index (χ4n) is 2.22. The number of rotatable bonds is 4. The number of amides is 2. The van der Waals surface area contributed by atoms with Crippen LogP contribution in [0.4, 0.5) is 18.9 Å². The van der Waals surface area contributed by atoms with Crippen LogP contribution in [0.1, 0.15) is 39.3 Å². The van der Waals surface area contributed by atoms with Gasteiger partial charge in [-0.2, -0.15) is 13.2 Å². The van der Waals surface area contributed by atoms with Crippen LogP contribution in [-0.2, 0) is 6.18 Å². The van der Waals surface area contributed by atoms with E-state index in [9.17, 15) is 22.8 Å². The molecule has 0 bridgehead atoms. The first kappa shape index (κ1) is 16.9. The fraction of sp³-hybridized carbons (Fsp3) is 0.235. The quantitative estimate of drug-likeness (QED) is 0.890. The molecule has 1 aliphatic carbocycles. The molecule has 0 spiro atoms. The standard InChI is InChI=1S/C17H14F3N3O2/c18-17(19,20)12-3-1-2-4-13(12)23-16(25)14-9-10(7-8-21-14)15(24)22-11-5-6-11/h1-4,7-9,11H,5-6H2,(H,22,24)(H,23,25). The van der Waals surface area contributed by atoms with Crippen LogP contribution in [0.5, 0.6) is 0 Å². The topological polar surface area (TPSA) is 71.1 Å². The van der Waals surface area contributed by atoms with E-state index in [1.807, 2.05) is 0 Å². The molecule has 5 nitrogen and oxygen atoms in total. The number of para-hydroxylation sites is 1. The molecule has 25 heavy (non-hydrogen) atoms. The van der Waals surface area contributed by atoms with Gasteiger partial charge in [0.1, 0.15) is 5.69 Å². The summed E-state index contributed by atoms with van der Waals surface area (Å²) in [6.07, 6.45) is -1.49. The molecule has 0 aliphatic heterocycles. The van der Waals surface area contributed by atoms with E-state index in [-0.39, 0.29) is 28.9 Å². The average molecular weight is 349 g/mol. The Morgan fingerprint density at radius 3 is 2.48 bits per heavy atom. The number of alkyl halides is 3. The lowest BCUT2D eigenvalue weighted by atomic mass is 10.1. The van der Waals surface area contributed by atoms with Crippen LogP contribution in [0.25, 0.3) is 0 Å². The minimum Gasteiger partial charge on any atom is -0.349 e. The Balaban J connectivity index is 1.79. The van der Waals surface area contributed by atoms with E-state index < -0.39 is 17.6 Å². The van der Waals surface area contributed by atoms with Crippen LogP contribution in [0.15, 0.2) is 42.6 Å². The first-order chi connectivity index (χ1) is 11.8. The van der Waals surface area contributed by atoms with Crippen molar-refractivity contribution in [2.24, 2.45) is 0 Å². The number of anilines is 1. The lowest BCUT2D eigenvalue weighted by molar-refractivity contribution is -0.136. The van der Waals surface area contributed by atoms with Crippen molar-refractivity contribution in [3.05, 3.63) is 59.4 Å². The maximum Gasteiger partial charge on any atom is 0.418 e. The van der Waals surface area contributed by atoms with Crippen LogP contribution >= 0.6 is 0 Å². The molecule has 2 N–H and O–H groups in total. The molecule has 0 atom stereocenters. The highest BCUT2D eigenvalue weighted by Crippen LogP contribution is 2.34. The summed E-state index contributed by atoms with van der Waals surface area (Å²) in [5.74, 6) is -1.16. The number of hydrogen-bond acceptors (Lipinski definition) is 3. The molecule has 1 heterocycles. The number of aromatic nitrogens is 1. The zero-order valence-corrected chi connectivity index (χ0v) is 12.9. The Bertz CT molecular complexity index is 817. The molecule has 0 saturated heterocycles. The molecular formula is C17H14F3N3O2. The molecule has 0 radical (unpaired) electrons. The number of halogens is 3. The van der Waals surface area contributed by atoms with Gasteiger partial charge in [-0.15, -0.1) is 0 Å². The van der Waals surface area contributed by atoms with Crippen molar-refractivity contribution in [2.75, 3.05) is 5.32 Å². The zero-order chi connectivity index (χ0) is 18.0. The summed E-state index contributed by atoms with van der Waals surface area (Å²) in [4.78, 5) is 28.1. The highest BCUT2D eigenvalue weighted by Gasteiger charge is 2.33. The lowest BCUT2D eigenvalue weighted by Crippen LogP contribution is -2.26. The van der Waals surface area contributed by atoms with Crippen molar-refractivity contribution in [2.45, 2.75) is 25.1 Å². The Morgan fingerprint density at radius 2 is 1.80 bits per heavy atom. The highest BCUT2D eigenvalue weighted by molar-refractivity contribution is 6.05. The number of nitrogens with one attached hydrogen (secondary N) is 2. The number of pyridine rings is 1. The summed E-state index contributed by atoms with van der Waals surface area (Å²) in [5.41, 5.74) is -1.22. The molecule has 1 aromatic heterocycles. The van der Waals surface area contributed by atoms with Crippen LogP contribution in [-0.4, -0.2) is 22.8 Å². The lowest BCUT2D eigenvalue weighted by Gasteiger charge is -2.13. The van der Waals surface area contributed by atoms with Gasteiger partial charge >= 0.3 is 6.18 Å². The maximum absolute atomic E-state index is 13.0. The largest absolute Gasteiger partial charge is 0.418 e. The monoisotopic (exact) mass is 349 g/mol. The van der Waals surface area contributed by atoms with Crippen molar-refractivity contribution in [1.29, 1.82) is 0 Å². The van der Waals surface area contributed by atoms with Crippen molar-refractivity contribution >= 4 is 17.5 Å². The van der Waals surface area contributed by atoms with Crippen LogP contribution in [0, 0.1) is 0 Å². The van der Waals surface area contributed by atoms with E-state index in [0.717, 1.165) is 25.0 Å². The predicted octanol–water partition coefficient (Wildman–Crippen LogP) is 3.24. The summed E-state index contributed by atoms with van der Waals surface area (Å²) in [6.45, 7) is 0. The molecule has 8 heteroatoms. The van der Waals surface area contributed by atoms with Crippen molar-refractivity contribution < 1.29 is 22.8 Å². The normalized spacial score (nSPS) is 14.0. The van der Waals surface area contributed by atoms with E-state index >= 15 is 0 Å². The predicted molar refractivity (Wildman–Crippen MR) is 84.1 cm³/mol. The van der Waals surface area contributed by atoms with E-state index in [2.05, 4.69) is 15.6 Å². The summed E-state index contributed by atoms with van der Waals surface area (Å²) < 4.78 is 38.9. The van der Waals surface area contributed by atoms with Gasteiger partial charge in [-0.05, 0) is 37.1 Å². The molecule has 1 fully saturated rings. The maximum atomic E-state index is 13.0. The van der Waals surface area contributed by atoms with Gasteiger partial charge in [-0.3, -0.25) is 14.6 Å². The molecule has 3 rings (SSSR count). The van der Waals surface area contributed by atoms with E-state index in [1.54, 1.807) is 0 Å². The Hall–Kier alpha value is -2.90. The number of carbonyl (C=O) groups is 2. The minimum absolute atomic E-state index is 0.138. The van der Waals surface area contributed by atoms with Crippen LogP contribution < -0.4 is 10.6 Å². The first-order valence-electron chi connectivity index (χ1n) is 7.59. The van der Waals surface area contributed by atoms with Crippen LogP contribution in [0.3, 0.4) is 0 Å². The van der Waals surface area contributed by atoms with Crippen molar-refractivity contribution in [1.82, 2.24) is 10.3 Å². The molecule has 2 aromatic rings. The third kappa shape index (κ3) is 4.14. The minimum atomic E-state index is -4.59. The number of hydrogen-bond donors (Lipinski definition) is 2. The van der Waals surface area contributed by atoms with E-state index in [0.29, 0.717) is 0 Å². The Labute approximate surface area is 141 Å².